The first-order valence-electron chi connectivity index (χ1n) is 5.85. The molecule has 0 spiro atoms. The van der Waals surface area contributed by atoms with Crippen LogP contribution in [0.1, 0.15) is 37.8 Å². The fourth-order valence-electron chi connectivity index (χ4n) is 1.70. The van der Waals surface area contributed by atoms with E-state index in [0.717, 1.165) is 18.4 Å². The topological polar surface area (TPSA) is 52.9 Å². The van der Waals surface area contributed by atoms with Crippen molar-refractivity contribution in [3.8, 4) is 6.07 Å². The van der Waals surface area contributed by atoms with Crippen LogP contribution < -0.4 is 5.32 Å². The molecule has 0 unspecified atom stereocenters. The molecule has 0 radical (unpaired) electrons. The Bertz CT molecular complexity index is 481. The second-order valence-electron chi connectivity index (χ2n) is 5.07. The van der Waals surface area contributed by atoms with E-state index >= 15 is 0 Å². The summed E-state index contributed by atoms with van der Waals surface area (Å²) in [4.78, 5) is 12.1. The van der Waals surface area contributed by atoms with Crippen molar-refractivity contribution < 1.29 is 4.79 Å². The molecule has 0 aliphatic heterocycles. The van der Waals surface area contributed by atoms with Crippen LogP contribution in [0.4, 0.5) is 0 Å². The molecule has 17 heavy (non-hydrogen) atoms. The molecule has 3 nitrogen and oxygen atoms in total. The quantitative estimate of drug-likeness (QED) is 0.861. The Labute approximate surface area is 101 Å². The molecular weight excluding hydrogens is 212 g/mol. The third-order valence-corrected chi connectivity index (χ3v) is 3.19. The number of benzene rings is 1. The maximum Gasteiger partial charge on any atom is 0.230 e. The van der Waals surface area contributed by atoms with Gasteiger partial charge in [-0.2, -0.15) is 5.26 Å². The summed E-state index contributed by atoms with van der Waals surface area (Å²) < 4.78 is 0. The van der Waals surface area contributed by atoms with E-state index in [9.17, 15) is 4.79 Å². The van der Waals surface area contributed by atoms with E-state index in [-0.39, 0.29) is 5.91 Å². The molecule has 0 bridgehead atoms. The minimum atomic E-state index is -0.588. The zero-order valence-corrected chi connectivity index (χ0v) is 10.2. The number of nitrogens with one attached hydrogen (secondary N) is 1. The molecule has 1 aromatic rings. The number of carbonyl (C=O) groups excluding carboxylic acids is 1. The predicted molar refractivity (Wildman–Crippen MR) is 65.3 cm³/mol. The van der Waals surface area contributed by atoms with Crippen LogP contribution in [-0.2, 0) is 10.2 Å². The molecule has 2 rings (SSSR count). The lowest BCUT2D eigenvalue weighted by molar-refractivity contribution is -0.125. The van der Waals surface area contributed by atoms with Crippen molar-refractivity contribution in [1.29, 1.82) is 5.26 Å². The first-order valence-corrected chi connectivity index (χ1v) is 5.85. The molecule has 0 heterocycles. The Balaban J connectivity index is 2.22. The summed E-state index contributed by atoms with van der Waals surface area (Å²) >= 11 is 0. The molecule has 0 saturated heterocycles. The molecule has 0 atom stereocenters. The van der Waals surface area contributed by atoms with E-state index in [1.54, 1.807) is 12.1 Å². The molecule has 0 aromatic heterocycles. The van der Waals surface area contributed by atoms with Crippen molar-refractivity contribution in [3.05, 3.63) is 35.4 Å². The third kappa shape index (κ3) is 2.47. The van der Waals surface area contributed by atoms with Gasteiger partial charge in [-0.1, -0.05) is 12.1 Å². The summed E-state index contributed by atoms with van der Waals surface area (Å²) in [5.74, 6) is 0.0371. The zero-order valence-electron chi connectivity index (χ0n) is 10.2. The van der Waals surface area contributed by atoms with E-state index in [1.165, 1.54) is 0 Å². The van der Waals surface area contributed by atoms with Gasteiger partial charge in [0.1, 0.15) is 0 Å². The van der Waals surface area contributed by atoms with E-state index in [1.807, 2.05) is 26.0 Å². The number of nitrogens with zero attached hydrogens (tertiary/aromatic N) is 1. The van der Waals surface area contributed by atoms with Crippen molar-refractivity contribution >= 4 is 5.91 Å². The van der Waals surface area contributed by atoms with Gasteiger partial charge in [-0.25, -0.2) is 0 Å². The van der Waals surface area contributed by atoms with Gasteiger partial charge in [0.05, 0.1) is 17.0 Å². The Morgan fingerprint density at radius 3 is 2.76 bits per heavy atom. The molecule has 1 aliphatic rings. The van der Waals surface area contributed by atoms with E-state index in [0.29, 0.717) is 11.6 Å². The lowest BCUT2D eigenvalue weighted by Crippen LogP contribution is -2.41. The van der Waals surface area contributed by atoms with Gasteiger partial charge in [-0.05, 0) is 44.4 Å². The van der Waals surface area contributed by atoms with Gasteiger partial charge in [0.2, 0.25) is 5.91 Å². The Hall–Kier alpha value is -1.82. The van der Waals surface area contributed by atoms with Crippen molar-refractivity contribution in [1.82, 2.24) is 5.32 Å². The van der Waals surface area contributed by atoms with E-state index in [4.69, 9.17) is 5.26 Å². The summed E-state index contributed by atoms with van der Waals surface area (Å²) in [5.41, 5.74) is 0.889. The van der Waals surface area contributed by atoms with Crippen LogP contribution in [0.25, 0.3) is 0 Å². The molecule has 3 heteroatoms. The first kappa shape index (κ1) is 11.7. The smallest absolute Gasteiger partial charge is 0.230 e. The van der Waals surface area contributed by atoms with Gasteiger partial charge in [-0.3, -0.25) is 4.79 Å². The van der Waals surface area contributed by atoms with Crippen LogP contribution in [0.15, 0.2) is 24.3 Å². The lowest BCUT2D eigenvalue weighted by Gasteiger charge is -2.24. The van der Waals surface area contributed by atoms with E-state index < -0.39 is 5.41 Å². The number of nitriles is 1. The fraction of sp³-hybridized carbons (Fsp3) is 0.429. The summed E-state index contributed by atoms with van der Waals surface area (Å²) in [6, 6.07) is 9.71. The molecule has 88 valence electrons. The van der Waals surface area contributed by atoms with Crippen LogP contribution in [0.2, 0.25) is 0 Å². The van der Waals surface area contributed by atoms with Gasteiger partial charge in [0.15, 0.2) is 0 Å². The van der Waals surface area contributed by atoms with Gasteiger partial charge >= 0.3 is 0 Å². The average Bonchev–Trinajstić information content (AvgIpc) is 3.13. The largest absolute Gasteiger partial charge is 0.353 e. The Morgan fingerprint density at radius 1 is 1.47 bits per heavy atom. The van der Waals surface area contributed by atoms with Crippen LogP contribution in [0.5, 0.6) is 0 Å². The summed E-state index contributed by atoms with van der Waals surface area (Å²) in [5, 5.41) is 11.9. The van der Waals surface area contributed by atoms with Crippen LogP contribution in [0, 0.1) is 11.3 Å². The molecule has 1 aliphatic carbocycles. The SMILES string of the molecule is CC(C)(C(=O)NC1CC1)c1cccc(C#N)c1. The van der Waals surface area contributed by atoms with Crippen molar-refractivity contribution in [2.75, 3.05) is 0 Å². The highest BCUT2D eigenvalue weighted by Gasteiger charge is 2.34. The van der Waals surface area contributed by atoms with Gasteiger partial charge < -0.3 is 5.32 Å². The van der Waals surface area contributed by atoms with Crippen LogP contribution >= 0.6 is 0 Å². The van der Waals surface area contributed by atoms with Crippen molar-refractivity contribution in [2.24, 2.45) is 0 Å². The normalized spacial score (nSPS) is 15.1. The highest BCUT2D eigenvalue weighted by Crippen LogP contribution is 2.27. The molecule has 1 saturated carbocycles. The van der Waals surface area contributed by atoms with Crippen molar-refractivity contribution in [3.63, 3.8) is 0 Å². The number of hydrogen-bond donors (Lipinski definition) is 1. The molecular formula is C14H16N2O. The third-order valence-electron chi connectivity index (χ3n) is 3.19. The number of carbonyl (C=O) groups is 1. The lowest BCUT2D eigenvalue weighted by atomic mass is 9.83. The minimum Gasteiger partial charge on any atom is -0.353 e. The number of amides is 1. The summed E-state index contributed by atoms with van der Waals surface area (Å²) in [7, 11) is 0. The van der Waals surface area contributed by atoms with Gasteiger partial charge in [-0.15, -0.1) is 0 Å². The first-order chi connectivity index (χ1) is 8.04. The van der Waals surface area contributed by atoms with E-state index in [2.05, 4.69) is 11.4 Å². The summed E-state index contributed by atoms with van der Waals surface area (Å²) in [6.45, 7) is 3.78. The second kappa shape index (κ2) is 4.21. The highest BCUT2D eigenvalue weighted by atomic mass is 16.2. The fourth-order valence-corrected chi connectivity index (χ4v) is 1.70. The highest BCUT2D eigenvalue weighted by molar-refractivity contribution is 5.87. The number of hydrogen-bond acceptors (Lipinski definition) is 2. The average molecular weight is 228 g/mol. The number of rotatable bonds is 3. The van der Waals surface area contributed by atoms with Crippen molar-refractivity contribution in [2.45, 2.75) is 38.1 Å². The maximum atomic E-state index is 12.1. The van der Waals surface area contributed by atoms with Gasteiger partial charge in [0, 0.05) is 6.04 Å². The second-order valence-corrected chi connectivity index (χ2v) is 5.07. The molecule has 1 amide bonds. The van der Waals surface area contributed by atoms with Crippen LogP contribution in [-0.4, -0.2) is 11.9 Å². The maximum absolute atomic E-state index is 12.1. The Kier molecular flexibility index (Phi) is 2.89. The molecule has 1 aromatic carbocycles. The predicted octanol–water partition coefficient (Wildman–Crippen LogP) is 2.11. The minimum absolute atomic E-state index is 0.0371. The monoisotopic (exact) mass is 228 g/mol. The zero-order chi connectivity index (χ0) is 12.5. The van der Waals surface area contributed by atoms with Gasteiger partial charge in [0.25, 0.3) is 0 Å². The Morgan fingerprint density at radius 2 is 2.18 bits per heavy atom. The standard InChI is InChI=1S/C14H16N2O/c1-14(2,13(17)16-12-6-7-12)11-5-3-4-10(8-11)9-15/h3-5,8,12H,6-7H2,1-2H3,(H,16,17). The molecule has 1 N–H and O–H groups in total. The van der Waals surface area contributed by atoms with Crippen LogP contribution in [0.3, 0.4) is 0 Å². The summed E-state index contributed by atoms with van der Waals surface area (Å²) in [6.07, 6.45) is 2.17. The molecule has 1 fully saturated rings.